The predicted octanol–water partition coefficient (Wildman–Crippen LogP) is 1.67. The van der Waals surface area contributed by atoms with Crippen molar-refractivity contribution in [3.8, 4) is 0 Å². The molecule has 0 aliphatic rings. The highest BCUT2D eigenvalue weighted by Gasteiger charge is 2.14. The number of aliphatic hydroxyl groups excluding tert-OH is 1. The van der Waals surface area contributed by atoms with Crippen LogP contribution in [0.2, 0.25) is 0 Å². The van der Waals surface area contributed by atoms with Crippen LogP contribution in [-0.2, 0) is 13.1 Å². The molecular formula is C11H16BrN5O. The van der Waals surface area contributed by atoms with Crippen molar-refractivity contribution in [2.75, 3.05) is 0 Å². The molecule has 0 spiro atoms. The Morgan fingerprint density at radius 3 is 2.78 bits per heavy atom. The Morgan fingerprint density at radius 2 is 2.22 bits per heavy atom. The van der Waals surface area contributed by atoms with Crippen LogP contribution in [0, 0.1) is 6.92 Å². The summed E-state index contributed by atoms with van der Waals surface area (Å²) in [6.07, 6.45) is 1.15. The molecule has 1 atom stereocenters. The molecule has 0 amide bonds. The highest BCUT2D eigenvalue weighted by molar-refractivity contribution is 9.10. The fourth-order valence-corrected chi connectivity index (χ4v) is 2.16. The largest absolute Gasteiger partial charge is 0.387 e. The van der Waals surface area contributed by atoms with E-state index in [2.05, 4.69) is 31.3 Å². The minimum Gasteiger partial charge on any atom is -0.387 e. The van der Waals surface area contributed by atoms with E-state index >= 15 is 0 Å². The summed E-state index contributed by atoms with van der Waals surface area (Å²) < 4.78 is 4.64. The van der Waals surface area contributed by atoms with Gasteiger partial charge < -0.3 is 5.11 Å². The van der Waals surface area contributed by atoms with Gasteiger partial charge in [-0.3, -0.25) is 4.68 Å². The number of hydrogen-bond acceptors (Lipinski definition) is 4. The first-order chi connectivity index (χ1) is 8.52. The van der Waals surface area contributed by atoms with Crippen LogP contribution in [0.1, 0.15) is 37.0 Å². The van der Waals surface area contributed by atoms with Gasteiger partial charge in [0.1, 0.15) is 5.69 Å². The molecule has 1 unspecified atom stereocenters. The van der Waals surface area contributed by atoms with Crippen molar-refractivity contribution in [2.45, 2.75) is 40.0 Å². The molecule has 0 saturated heterocycles. The summed E-state index contributed by atoms with van der Waals surface area (Å²) in [6, 6.07) is 0. The number of hydrogen-bond donors (Lipinski definition) is 1. The van der Waals surface area contributed by atoms with Crippen molar-refractivity contribution >= 4 is 15.9 Å². The van der Waals surface area contributed by atoms with Crippen LogP contribution in [-0.4, -0.2) is 29.9 Å². The van der Waals surface area contributed by atoms with Crippen molar-refractivity contribution in [2.24, 2.45) is 0 Å². The Balaban J connectivity index is 2.27. The SMILES string of the molecule is CCn1nc(C)c(Br)c1Cn1cc(C(C)O)nn1. The molecule has 0 aliphatic heterocycles. The molecule has 0 saturated carbocycles. The molecule has 1 N–H and O–H groups in total. The molecule has 2 aromatic rings. The maximum atomic E-state index is 9.42. The Bertz CT molecular complexity index is 546. The molecule has 0 fully saturated rings. The van der Waals surface area contributed by atoms with Gasteiger partial charge >= 0.3 is 0 Å². The first kappa shape index (κ1) is 13.2. The third kappa shape index (κ3) is 2.46. The van der Waals surface area contributed by atoms with Gasteiger partial charge in [-0.05, 0) is 36.7 Å². The van der Waals surface area contributed by atoms with Crippen molar-refractivity contribution in [3.05, 3.63) is 27.8 Å². The minimum absolute atomic E-state index is 0.574. The lowest BCUT2D eigenvalue weighted by atomic mass is 10.3. The zero-order chi connectivity index (χ0) is 13.3. The summed E-state index contributed by atoms with van der Waals surface area (Å²) in [5, 5.41) is 21.8. The fourth-order valence-electron chi connectivity index (χ4n) is 1.76. The molecule has 2 aromatic heterocycles. The third-order valence-electron chi connectivity index (χ3n) is 2.75. The molecule has 0 aromatic carbocycles. The van der Waals surface area contributed by atoms with E-state index in [-0.39, 0.29) is 0 Å². The van der Waals surface area contributed by atoms with Crippen molar-refractivity contribution < 1.29 is 5.11 Å². The van der Waals surface area contributed by atoms with E-state index in [1.165, 1.54) is 0 Å². The Kier molecular flexibility index (Phi) is 3.82. The van der Waals surface area contributed by atoms with Gasteiger partial charge in [-0.2, -0.15) is 5.10 Å². The van der Waals surface area contributed by atoms with E-state index in [4.69, 9.17) is 0 Å². The number of aromatic nitrogens is 5. The highest BCUT2D eigenvalue weighted by atomic mass is 79.9. The molecule has 0 radical (unpaired) electrons. The lowest BCUT2D eigenvalue weighted by Gasteiger charge is -2.05. The van der Waals surface area contributed by atoms with E-state index in [1.807, 2.05) is 18.5 Å². The topological polar surface area (TPSA) is 68.8 Å². The third-order valence-corrected chi connectivity index (χ3v) is 3.78. The smallest absolute Gasteiger partial charge is 0.111 e. The van der Waals surface area contributed by atoms with Gasteiger partial charge in [0.25, 0.3) is 0 Å². The second-order valence-corrected chi connectivity index (χ2v) is 4.97. The minimum atomic E-state index is -0.597. The molecular weight excluding hydrogens is 298 g/mol. The second-order valence-electron chi connectivity index (χ2n) is 4.18. The van der Waals surface area contributed by atoms with Crippen LogP contribution in [0.15, 0.2) is 10.7 Å². The predicted molar refractivity (Wildman–Crippen MR) is 70.1 cm³/mol. The molecule has 18 heavy (non-hydrogen) atoms. The number of aliphatic hydroxyl groups is 1. The number of aryl methyl sites for hydroxylation is 2. The van der Waals surface area contributed by atoms with Crippen molar-refractivity contribution in [1.82, 2.24) is 24.8 Å². The summed E-state index contributed by atoms with van der Waals surface area (Å²) in [5.41, 5.74) is 2.59. The standard InChI is InChI=1S/C11H16BrN5O/c1-4-17-10(11(12)7(2)14-17)6-16-5-9(8(3)18)13-15-16/h5,8,18H,4,6H2,1-3H3. The van der Waals surface area contributed by atoms with Crippen LogP contribution >= 0.6 is 15.9 Å². The van der Waals surface area contributed by atoms with E-state index < -0.39 is 6.10 Å². The molecule has 98 valence electrons. The highest BCUT2D eigenvalue weighted by Crippen LogP contribution is 2.22. The van der Waals surface area contributed by atoms with E-state index in [1.54, 1.807) is 17.8 Å². The average molecular weight is 314 g/mol. The van der Waals surface area contributed by atoms with Crippen LogP contribution in [0.4, 0.5) is 0 Å². The van der Waals surface area contributed by atoms with E-state index in [0.29, 0.717) is 12.2 Å². The summed E-state index contributed by atoms with van der Waals surface area (Å²) in [7, 11) is 0. The van der Waals surface area contributed by atoms with E-state index in [0.717, 1.165) is 22.4 Å². The summed E-state index contributed by atoms with van der Waals surface area (Å²) in [6.45, 7) is 7.06. The van der Waals surface area contributed by atoms with Gasteiger partial charge in [0.05, 0.1) is 34.7 Å². The second kappa shape index (κ2) is 5.19. The molecule has 6 nitrogen and oxygen atoms in total. The maximum absolute atomic E-state index is 9.42. The van der Waals surface area contributed by atoms with Gasteiger partial charge in [-0.15, -0.1) is 5.10 Å². The Labute approximate surface area is 114 Å². The fraction of sp³-hybridized carbons (Fsp3) is 0.545. The lowest BCUT2D eigenvalue weighted by molar-refractivity contribution is 0.194. The normalized spacial score (nSPS) is 12.9. The zero-order valence-electron chi connectivity index (χ0n) is 10.6. The first-order valence-corrected chi connectivity index (χ1v) is 6.62. The summed E-state index contributed by atoms with van der Waals surface area (Å²) in [5.74, 6) is 0. The van der Waals surface area contributed by atoms with Gasteiger partial charge in [-0.25, -0.2) is 4.68 Å². The Hall–Kier alpha value is -1.21. The van der Waals surface area contributed by atoms with E-state index in [9.17, 15) is 5.11 Å². The number of rotatable bonds is 4. The first-order valence-electron chi connectivity index (χ1n) is 5.82. The quantitative estimate of drug-likeness (QED) is 0.932. The van der Waals surface area contributed by atoms with Crippen LogP contribution in [0.3, 0.4) is 0 Å². The number of halogens is 1. The van der Waals surface area contributed by atoms with Crippen LogP contribution in [0.25, 0.3) is 0 Å². The van der Waals surface area contributed by atoms with Gasteiger partial charge in [0.2, 0.25) is 0 Å². The molecule has 7 heteroatoms. The summed E-state index contributed by atoms with van der Waals surface area (Å²) >= 11 is 3.54. The average Bonchev–Trinajstić information content (AvgIpc) is 2.89. The monoisotopic (exact) mass is 313 g/mol. The van der Waals surface area contributed by atoms with Crippen LogP contribution in [0.5, 0.6) is 0 Å². The van der Waals surface area contributed by atoms with Gasteiger partial charge in [-0.1, -0.05) is 5.21 Å². The van der Waals surface area contributed by atoms with Gasteiger partial charge in [0.15, 0.2) is 0 Å². The molecule has 2 heterocycles. The molecule has 0 aliphatic carbocycles. The maximum Gasteiger partial charge on any atom is 0.111 e. The van der Waals surface area contributed by atoms with Crippen LogP contribution < -0.4 is 0 Å². The molecule has 2 rings (SSSR count). The summed E-state index contributed by atoms with van der Waals surface area (Å²) in [4.78, 5) is 0. The van der Waals surface area contributed by atoms with Crippen molar-refractivity contribution in [1.29, 1.82) is 0 Å². The van der Waals surface area contributed by atoms with Crippen molar-refractivity contribution in [3.63, 3.8) is 0 Å². The van der Waals surface area contributed by atoms with Gasteiger partial charge in [0, 0.05) is 6.54 Å². The molecule has 0 bridgehead atoms. The zero-order valence-corrected chi connectivity index (χ0v) is 12.2. The number of nitrogens with zero attached hydrogens (tertiary/aromatic N) is 5. The lowest BCUT2D eigenvalue weighted by Crippen LogP contribution is -2.09. The Morgan fingerprint density at radius 1 is 1.50 bits per heavy atom.